The van der Waals surface area contributed by atoms with Crippen LogP contribution in [-0.2, 0) is 21.8 Å². The molecule has 0 bridgehead atoms. The smallest absolute Gasteiger partial charge is 0.208 e. The van der Waals surface area contributed by atoms with E-state index in [1.165, 1.54) is 13.2 Å². The molecule has 4 aromatic rings. The third-order valence-electron chi connectivity index (χ3n) is 6.62. The Kier molecular flexibility index (Phi) is 7.42. The van der Waals surface area contributed by atoms with Crippen molar-refractivity contribution in [3.8, 4) is 11.4 Å². The van der Waals surface area contributed by atoms with Crippen LogP contribution in [0.4, 0.5) is 21.7 Å². The zero-order valence-corrected chi connectivity index (χ0v) is 23.4. The average molecular weight is 575 g/mol. The lowest BCUT2D eigenvalue weighted by Crippen LogP contribution is -2.51. The number of ether oxygens (including phenoxy) is 1. The molecule has 1 aliphatic heterocycles. The molecule has 206 valence electrons. The molecule has 0 spiro atoms. The minimum absolute atomic E-state index is 0.129. The normalized spacial score (nSPS) is 15.0. The van der Waals surface area contributed by atoms with Gasteiger partial charge >= 0.3 is 0 Å². The Morgan fingerprint density at radius 1 is 1.23 bits per heavy atom. The van der Waals surface area contributed by atoms with Gasteiger partial charge in [0.25, 0.3) is 0 Å². The van der Waals surface area contributed by atoms with Gasteiger partial charge in [0.15, 0.2) is 11.0 Å². The van der Waals surface area contributed by atoms with Crippen LogP contribution in [0.3, 0.4) is 0 Å². The molecular formula is C25H28ClFN8O3S. The van der Waals surface area contributed by atoms with Crippen LogP contribution in [0.2, 0.25) is 5.15 Å². The number of nitrogens with zero attached hydrogens (tertiary/aromatic N) is 6. The number of rotatable bonds is 9. The topological polar surface area (TPSA) is 127 Å². The number of hydrogen-bond donors (Lipinski definition) is 2. The van der Waals surface area contributed by atoms with Gasteiger partial charge in [-0.1, -0.05) is 11.6 Å². The van der Waals surface area contributed by atoms with E-state index in [2.05, 4.69) is 30.1 Å². The second-order valence-electron chi connectivity index (χ2n) is 9.57. The van der Waals surface area contributed by atoms with Crippen molar-refractivity contribution >= 4 is 49.7 Å². The molecule has 1 atom stereocenters. The lowest BCUT2D eigenvalue weighted by atomic mass is 9.95. The van der Waals surface area contributed by atoms with Crippen molar-refractivity contribution in [1.82, 2.24) is 29.5 Å². The molecule has 2 N–H and O–H groups in total. The van der Waals surface area contributed by atoms with Crippen molar-refractivity contribution in [2.75, 3.05) is 43.2 Å². The van der Waals surface area contributed by atoms with Crippen molar-refractivity contribution in [1.29, 1.82) is 0 Å². The van der Waals surface area contributed by atoms with Crippen LogP contribution in [0.5, 0.6) is 0 Å². The van der Waals surface area contributed by atoms with Crippen LogP contribution in [0.25, 0.3) is 22.2 Å². The number of halogens is 2. The standard InChI is InChI=1S/C25H28ClFN8O3S/c1-14(38-3)23-16-7-22(31-21-5-6-28-25(32-21)18-13-34(2)33-24(18)26)29-10-17(16)20(8-19(23)27)35-11-15(12-35)9-30-39(4,36)37/h5-8,10,13-15,30H,9,11-12H2,1-4H3,(H,28,29,31,32). The largest absolute Gasteiger partial charge is 0.377 e. The van der Waals surface area contributed by atoms with Gasteiger partial charge < -0.3 is 15.0 Å². The summed E-state index contributed by atoms with van der Waals surface area (Å²) in [4.78, 5) is 15.4. The Morgan fingerprint density at radius 3 is 2.67 bits per heavy atom. The molecule has 3 aromatic heterocycles. The molecule has 0 radical (unpaired) electrons. The van der Waals surface area contributed by atoms with Crippen LogP contribution in [-0.4, -0.2) is 66.2 Å². The fourth-order valence-corrected chi connectivity index (χ4v) is 5.40. The van der Waals surface area contributed by atoms with Crippen molar-refractivity contribution in [3.63, 3.8) is 0 Å². The van der Waals surface area contributed by atoms with Gasteiger partial charge in [-0.05, 0) is 30.5 Å². The maximum atomic E-state index is 15.5. The van der Waals surface area contributed by atoms with E-state index in [1.807, 2.05) is 4.90 Å². The summed E-state index contributed by atoms with van der Waals surface area (Å²) in [7, 11) is 0.0256. The number of pyridine rings is 1. The lowest BCUT2D eigenvalue weighted by molar-refractivity contribution is 0.117. The number of benzene rings is 1. The first-order chi connectivity index (χ1) is 18.5. The number of hydrogen-bond acceptors (Lipinski definition) is 9. The number of aryl methyl sites for hydroxylation is 1. The van der Waals surface area contributed by atoms with Gasteiger partial charge in [0.1, 0.15) is 17.5 Å². The van der Waals surface area contributed by atoms with E-state index >= 15 is 4.39 Å². The summed E-state index contributed by atoms with van der Waals surface area (Å²) in [5, 5.41) is 9.01. The molecule has 1 aromatic carbocycles. The van der Waals surface area contributed by atoms with E-state index in [0.29, 0.717) is 64.4 Å². The number of aromatic nitrogens is 5. The van der Waals surface area contributed by atoms with Gasteiger partial charge in [0, 0.05) is 74.9 Å². The molecule has 14 heteroatoms. The fraction of sp³-hybridized carbons (Fsp3) is 0.360. The zero-order chi connectivity index (χ0) is 27.9. The maximum Gasteiger partial charge on any atom is 0.208 e. The summed E-state index contributed by atoms with van der Waals surface area (Å²) in [5.41, 5.74) is 1.71. The van der Waals surface area contributed by atoms with Crippen molar-refractivity contribution in [2.45, 2.75) is 13.0 Å². The highest BCUT2D eigenvalue weighted by Gasteiger charge is 2.30. The van der Waals surface area contributed by atoms with Gasteiger partial charge in [-0.25, -0.2) is 32.5 Å². The lowest BCUT2D eigenvalue weighted by Gasteiger charge is -2.41. The molecule has 1 fully saturated rings. The Hall–Kier alpha value is -3.39. The average Bonchev–Trinajstić information content (AvgIpc) is 3.19. The highest BCUT2D eigenvalue weighted by atomic mass is 35.5. The monoisotopic (exact) mass is 574 g/mol. The fourth-order valence-electron chi connectivity index (χ4n) is 4.61. The van der Waals surface area contributed by atoms with Crippen LogP contribution >= 0.6 is 11.6 Å². The van der Waals surface area contributed by atoms with Crippen molar-refractivity contribution in [3.05, 3.63) is 53.3 Å². The van der Waals surface area contributed by atoms with E-state index < -0.39 is 21.9 Å². The van der Waals surface area contributed by atoms with Gasteiger partial charge in [-0.15, -0.1) is 0 Å². The van der Waals surface area contributed by atoms with Gasteiger partial charge in [-0.2, -0.15) is 5.10 Å². The van der Waals surface area contributed by atoms with E-state index in [9.17, 15) is 8.42 Å². The Morgan fingerprint density at radius 2 is 2.00 bits per heavy atom. The number of anilines is 3. The summed E-state index contributed by atoms with van der Waals surface area (Å²) >= 11 is 6.21. The molecule has 1 unspecified atom stereocenters. The van der Waals surface area contributed by atoms with E-state index in [-0.39, 0.29) is 5.92 Å². The number of methoxy groups -OCH3 is 1. The minimum atomic E-state index is -3.27. The molecule has 1 aliphatic rings. The second-order valence-corrected chi connectivity index (χ2v) is 11.8. The zero-order valence-electron chi connectivity index (χ0n) is 21.8. The minimum Gasteiger partial charge on any atom is -0.377 e. The van der Waals surface area contributed by atoms with Crippen LogP contribution in [0.1, 0.15) is 18.6 Å². The predicted molar refractivity (Wildman–Crippen MR) is 148 cm³/mol. The molecule has 39 heavy (non-hydrogen) atoms. The summed E-state index contributed by atoms with van der Waals surface area (Å²) in [6.07, 6.45) is 5.66. The molecule has 0 aliphatic carbocycles. The van der Waals surface area contributed by atoms with E-state index in [0.717, 1.165) is 11.6 Å². The second kappa shape index (κ2) is 10.6. The molecule has 11 nitrogen and oxygen atoms in total. The SMILES string of the molecule is COC(C)c1c(F)cc(N2CC(CNS(C)(=O)=O)C2)c2cnc(Nc3ccnc(-c4cn(C)nc4Cl)n3)cc12. The maximum absolute atomic E-state index is 15.5. The summed E-state index contributed by atoms with van der Waals surface area (Å²) < 4.78 is 48.0. The molecule has 0 saturated carbocycles. The van der Waals surface area contributed by atoms with Crippen molar-refractivity contribution in [2.24, 2.45) is 13.0 Å². The molecular weight excluding hydrogens is 547 g/mol. The van der Waals surface area contributed by atoms with E-state index in [4.69, 9.17) is 16.3 Å². The Bertz CT molecular complexity index is 1640. The number of fused-ring (bicyclic) bond motifs is 1. The first-order valence-corrected chi connectivity index (χ1v) is 14.4. The summed E-state index contributed by atoms with van der Waals surface area (Å²) in [6.45, 7) is 3.32. The summed E-state index contributed by atoms with van der Waals surface area (Å²) in [5.74, 6) is 1.08. The van der Waals surface area contributed by atoms with Gasteiger partial charge in [-0.3, -0.25) is 4.68 Å². The highest BCUT2D eigenvalue weighted by molar-refractivity contribution is 7.88. The van der Waals surface area contributed by atoms with Crippen LogP contribution in [0.15, 0.2) is 36.8 Å². The van der Waals surface area contributed by atoms with E-state index in [1.54, 1.807) is 49.4 Å². The van der Waals surface area contributed by atoms with Crippen LogP contribution < -0.4 is 14.9 Å². The molecule has 1 saturated heterocycles. The van der Waals surface area contributed by atoms with Crippen molar-refractivity contribution < 1.29 is 17.5 Å². The molecule has 5 rings (SSSR count). The highest BCUT2D eigenvalue weighted by Crippen LogP contribution is 2.39. The predicted octanol–water partition coefficient (Wildman–Crippen LogP) is 3.65. The molecule has 4 heterocycles. The Labute approximate surface area is 230 Å². The van der Waals surface area contributed by atoms with Crippen LogP contribution in [0, 0.1) is 11.7 Å². The third-order valence-corrected chi connectivity index (χ3v) is 7.59. The van der Waals surface area contributed by atoms with Gasteiger partial charge in [0.05, 0.1) is 17.9 Å². The van der Waals surface area contributed by atoms with Gasteiger partial charge in [0.2, 0.25) is 10.0 Å². The Balaban J connectivity index is 1.46. The first kappa shape index (κ1) is 27.2. The molecule has 0 amide bonds. The third kappa shape index (κ3) is 5.81. The quantitative estimate of drug-likeness (QED) is 0.308. The number of nitrogens with one attached hydrogen (secondary N) is 2. The number of sulfonamides is 1. The summed E-state index contributed by atoms with van der Waals surface area (Å²) in [6, 6.07) is 4.96. The first-order valence-electron chi connectivity index (χ1n) is 12.2.